The van der Waals surface area contributed by atoms with E-state index in [-0.39, 0.29) is 18.0 Å². The quantitative estimate of drug-likeness (QED) is 0.668. The number of urea groups is 1. The molecule has 1 heterocycles. The van der Waals surface area contributed by atoms with Crippen LogP contribution in [0.3, 0.4) is 0 Å². The molecule has 0 radical (unpaired) electrons. The van der Waals surface area contributed by atoms with E-state index in [1.807, 2.05) is 0 Å². The summed E-state index contributed by atoms with van der Waals surface area (Å²) < 4.78 is 5.40. The van der Waals surface area contributed by atoms with Crippen LogP contribution in [0.4, 0.5) is 10.5 Å². The summed E-state index contributed by atoms with van der Waals surface area (Å²) in [5.41, 5.74) is 2.43. The molecule has 31 heavy (non-hydrogen) atoms. The Morgan fingerprint density at radius 2 is 1.87 bits per heavy atom. The Balaban J connectivity index is 1.93. The van der Waals surface area contributed by atoms with Gasteiger partial charge in [0.2, 0.25) is 0 Å². The normalized spacial score (nSPS) is 16.3. The maximum absolute atomic E-state index is 12.8. The predicted octanol–water partition coefficient (Wildman–Crippen LogP) is 4.51. The molecule has 2 N–H and O–H groups in total. The Morgan fingerprint density at radius 3 is 2.55 bits per heavy atom. The number of hydrogen-bond acceptors (Lipinski definition) is 4. The number of nitrogens with one attached hydrogen (secondary N) is 2. The van der Waals surface area contributed by atoms with Crippen molar-refractivity contribution in [1.82, 2.24) is 10.2 Å². The van der Waals surface area contributed by atoms with E-state index in [4.69, 9.17) is 16.3 Å². The van der Waals surface area contributed by atoms with Gasteiger partial charge in [0, 0.05) is 29.0 Å². The second-order valence-corrected chi connectivity index (χ2v) is 7.92. The van der Waals surface area contributed by atoms with E-state index in [0.717, 1.165) is 0 Å². The van der Waals surface area contributed by atoms with Crippen molar-refractivity contribution in [3.05, 3.63) is 76.0 Å². The van der Waals surface area contributed by atoms with Crippen LogP contribution in [0.2, 0.25) is 5.02 Å². The van der Waals surface area contributed by atoms with Crippen LogP contribution >= 0.6 is 11.6 Å². The maximum atomic E-state index is 12.8. The lowest BCUT2D eigenvalue weighted by Gasteiger charge is -2.33. The molecule has 162 valence electrons. The minimum atomic E-state index is -0.710. The first kappa shape index (κ1) is 22.4. The monoisotopic (exact) mass is 441 g/mol. The minimum absolute atomic E-state index is 0.306. The molecule has 2 aromatic carbocycles. The van der Waals surface area contributed by atoms with Crippen LogP contribution in [0.15, 0.2) is 59.8 Å². The molecule has 3 amide bonds. The molecule has 1 atom stereocenters. The van der Waals surface area contributed by atoms with Crippen molar-refractivity contribution in [3.63, 3.8) is 0 Å². The molecule has 0 unspecified atom stereocenters. The highest BCUT2D eigenvalue weighted by Crippen LogP contribution is 2.32. The number of benzene rings is 2. The zero-order valence-electron chi connectivity index (χ0n) is 17.7. The van der Waals surface area contributed by atoms with Crippen LogP contribution in [0.5, 0.6) is 0 Å². The molecule has 0 aliphatic carbocycles. The van der Waals surface area contributed by atoms with Crippen molar-refractivity contribution >= 4 is 35.2 Å². The van der Waals surface area contributed by atoms with E-state index in [2.05, 4.69) is 10.6 Å². The molecular weight excluding hydrogens is 418 g/mol. The number of esters is 1. The van der Waals surface area contributed by atoms with E-state index >= 15 is 0 Å². The SMILES string of the molecule is CC1=C(C(=O)OC(C)C)[C@H](c2cccc(NC(=O)c3cccc(Cl)c3)c2)NC(=O)N1C. The van der Waals surface area contributed by atoms with Gasteiger partial charge >= 0.3 is 12.0 Å². The van der Waals surface area contributed by atoms with Gasteiger partial charge in [-0.3, -0.25) is 4.79 Å². The van der Waals surface area contributed by atoms with Crippen molar-refractivity contribution in [3.8, 4) is 0 Å². The van der Waals surface area contributed by atoms with E-state index in [1.54, 1.807) is 76.3 Å². The molecule has 0 saturated carbocycles. The molecule has 7 nitrogen and oxygen atoms in total. The van der Waals surface area contributed by atoms with Gasteiger partial charge in [0.25, 0.3) is 5.91 Å². The molecule has 0 spiro atoms. The number of rotatable bonds is 5. The van der Waals surface area contributed by atoms with Gasteiger partial charge in [-0.05, 0) is 56.7 Å². The number of anilines is 1. The fraction of sp³-hybridized carbons (Fsp3) is 0.261. The molecule has 0 bridgehead atoms. The number of halogens is 1. The van der Waals surface area contributed by atoms with Crippen LogP contribution in [-0.2, 0) is 9.53 Å². The number of nitrogens with zero attached hydrogens (tertiary/aromatic N) is 1. The molecule has 1 aliphatic rings. The number of ether oxygens (including phenoxy) is 1. The summed E-state index contributed by atoms with van der Waals surface area (Å²) in [6, 6.07) is 12.5. The highest BCUT2D eigenvalue weighted by atomic mass is 35.5. The summed E-state index contributed by atoms with van der Waals surface area (Å²) in [5.74, 6) is -0.823. The number of hydrogen-bond donors (Lipinski definition) is 2. The summed E-state index contributed by atoms with van der Waals surface area (Å²) in [5, 5.41) is 6.12. The minimum Gasteiger partial charge on any atom is -0.459 e. The lowest BCUT2D eigenvalue weighted by molar-refractivity contribution is -0.143. The first-order valence-electron chi connectivity index (χ1n) is 9.80. The zero-order valence-corrected chi connectivity index (χ0v) is 18.5. The molecular formula is C23H24ClN3O4. The third-order valence-corrected chi connectivity index (χ3v) is 5.12. The molecule has 3 rings (SSSR count). The number of carbonyl (C=O) groups excluding carboxylic acids is 3. The number of allylic oxidation sites excluding steroid dienone is 1. The Labute approximate surface area is 186 Å². The summed E-state index contributed by atoms with van der Waals surface area (Å²) in [4.78, 5) is 39.1. The number of carbonyl (C=O) groups is 3. The highest BCUT2D eigenvalue weighted by Gasteiger charge is 2.35. The maximum Gasteiger partial charge on any atom is 0.338 e. The first-order valence-corrected chi connectivity index (χ1v) is 10.2. The molecule has 1 aliphatic heterocycles. The fourth-order valence-corrected chi connectivity index (χ4v) is 3.45. The van der Waals surface area contributed by atoms with Crippen LogP contribution in [0, 0.1) is 0 Å². The second kappa shape index (κ2) is 9.22. The average Bonchev–Trinajstić information content (AvgIpc) is 2.71. The lowest BCUT2D eigenvalue weighted by Crippen LogP contribution is -2.46. The van der Waals surface area contributed by atoms with E-state index in [1.165, 1.54) is 4.90 Å². The van der Waals surface area contributed by atoms with Crippen molar-refractivity contribution in [2.45, 2.75) is 32.9 Å². The van der Waals surface area contributed by atoms with Gasteiger partial charge in [-0.1, -0.05) is 29.8 Å². The van der Waals surface area contributed by atoms with Gasteiger partial charge in [-0.15, -0.1) is 0 Å². The van der Waals surface area contributed by atoms with E-state index in [9.17, 15) is 14.4 Å². The Kier molecular flexibility index (Phi) is 6.65. The Hall–Kier alpha value is -3.32. The van der Waals surface area contributed by atoms with E-state index in [0.29, 0.717) is 33.1 Å². The van der Waals surface area contributed by atoms with Crippen molar-refractivity contribution in [2.24, 2.45) is 0 Å². The van der Waals surface area contributed by atoms with Crippen LogP contribution in [-0.4, -0.2) is 36.0 Å². The van der Waals surface area contributed by atoms with Gasteiger partial charge in [-0.25, -0.2) is 9.59 Å². The Morgan fingerprint density at radius 1 is 1.16 bits per heavy atom. The third-order valence-electron chi connectivity index (χ3n) is 4.88. The molecule has 2 aromatic rings. The van der Waals surface area contributed by atoms with Gasteiger partial charge < -0.3 is 20.3 Å². The van der Waals surface area contributed by atoms with E-state index < -0.39 is 12.0 Å². The summed E-state index contributed by atoms with van der Waals surface area (Å²) in [6.07, 6.45) is -0.306. The van der Waals surface area contributed by atoms with Crippen molar-refractivity contribution < 1.29 is 19.1 Å². The third kappa shape index (κ3) is 5.06. The topological polar surface area (TPSA) is 87.7 Å². The average molecular weight is 442 g/mol. The number of amides is 3. The van der Waals surface area contributed by atoms with Crippen LogP contribution < -0.4 is 10.6 Å². The summed E-state index contributed by atoms with van der Waals surface area (Å²) in [7, 11) is 1.59. The molecule has 0 saturated heterocycles. The van der Waals surface area contributed by atoms with Crippen LogP contribution in [0.1, 0.15) is 42.7 Å². The molecule has 0 fully saturated rings. The standard InChI is InChI=1S/C23H24ClN3O4/c1-13(2)31-22(29)19-14(3)27(4)23(30)26-20(19)15-7-6-10-18(12-15)25-21(28)16-8-5-9-17(24)11-16/h5-13,20H,1-4H3,(H,25,28)(H,26,30)/t20-/m0/s1. The first-order chi connectivity index (χ1) is 14.7. The molecule has 8 heteroatoms. The van der Waals surface area contributed by atoms with Gasteiger partial charge in [0.15, 0.2) is 0 Å². The summed E-state index contributed by atoms with van der Waals surface area (Å²) in [6.45, 7) is 5.23. The lowest BCUT2D eigenvalue weighted by atomic mass is 9.94. The second-order valence-electron chi connectivity index (χ2n) is 7.48. The van der Waals surface area contributed by atoms with Crippen molar-refractivity contribution in [2.75, 3.05) is 12.4 Å². The highest BCUT2D eigenvalue weighted by molar-refractivity contribution is 6.31. The largest absolute Gasteiger partial charge is 0.459 e. The molecule has 0 aromatic heterocycles. The smallest absolute Gasteiger partial charge is 0.338 e. The predicted molar refractivity (Wildman–Crippen MR) is 119 cm³/mol. The van der Waals surface area contributed by atoms with Crippen molar-refractivity contribution in [1.29, 1.82) is 0 Å². The van der Waals surface area contributed by atoms with Gasteiger partial charge in [0.05, 0.1) is 17.7 Å². The van der Waals surface area contributed by atoms with Gasteiger partial charge in [0.1, 0.15) is 0 Å². The Bertz CT molecular complexity index is 1060. The zero-order chi connectivity index (χ0) is 22.7. The fourth-order valence-electron chi connectivity index (χ4n) is 3.26. The van der Waals surface area contributed by atoms with Gasteiger partial charge in [-0.2, -0.15) is 0 Å². The van der Waals surface area contributed by atoms with Crippen LogP contribution in [0.25, 0.3) is 0 Å². The summed E-state index contributed by atoms with van der Waals surface area (Å²) >= 11 is 5.97.